The third kappa shape index (κ3) is 4.74. The van der Waals surface area contributed by atoms with Gasteiger partial charge in [0, 0.05) is 36.9 Å². The van der Waals surface area contributed by atoms with E-state index >= 15 is 0 Å². The number of hydrogen-bond donors (Lipinski definition) is 2. The number of nitrogens with zero attached hydrogens (tertiary/aromatic N) is 2. The van der Waals surface area contributed by atoms with Crippen molar-refractivity contribution in [1.29, 1.82) is 0 Å². The van der Waals surface area contributed by atoms with Gasteiger partial charge < -0.3 is 10.3 Å². The van der Waals surface area contributed by atoms with Gasteiger partial charge in [0.1, 0.15) is 11.5 Å². The molecule has 0 fully saturated rings. The largest absolute Gasteiger partial charge is 0.416 e. The van der Waals surface area contributed by atoms with E-state index in [0.29, 0.717) is 30.2 Å². The van der Waals surface area contributed by atoms with Gasteiger partial charge in [-0.15, -0.1) is 0 Å². The van der Waals surface area contributed by atoms with E-state index < -0.39 is 11.7 Å². The molecule has 30 heavy (non-hydrogen) atoms. The second-order valence-electron chi connectivity index (χ2n) is 6.96. The minimum Gasteiger partial charge on any atom is -0.370 e. The Kier molecular flexibility index (Phi) is 5.63. The predicted octanol–water partition coefficient (Wildman–Crippen LogP) is 5.88. The van der Waals surface area contributed by atoms with E-state index in [1.165, 1.54) is 12.1 Å². The molecule has 1 aromatic carbocycles. The highest BCUT2D eigenvalue weighted by Crippen LogP contribution is 2.29. The second-order valence-corrected chi connectivity index (χ2v) is 7.40. The minimum atomic E-state index is -4.31. The van der Waals surface area contributed by atoms with Crippen molar-refractivity contribution in [3.05, 3.63) is 88.3 Å². The number of anilines is 1. The van der Waals surface area contributed by atoms with Gasteiger partial charge in [0.25, 0.3) is 0 Å². The maximum absolute atomic E-state index is 12.6. The minimum absolute atomic E-state index is 0.574. The van der Waals surface area contributed by atoms with Crippen LogP contribution in [0.5, 0.6) is 0 Å². The summed E-state index contributed by atoms with van der Waals surface area (Å²) in [6, 6.07) is 11.0. The molecule has 0 unspecified atom stereocenters. The van der Waals surface area contributed by atoms with Crippen LogP contribution in [-0.2, 0) is 19.0 Å². The lowest BCUT2D eigenvalue weighted by Gasteiger charge is -2.09. The van der Waals surface area contributed by atoms with Crippen molar-refractivity contribution >= 4 is 28.5 Å². The van der Waals surface area contributed by atoms with Crippen molar-refractivity contribution in [2.75, 3.05) is 11.9 Å². The molecule has 0 amide bonds. The maximum Gasteiger partial charge on any atom is 0.416 e. The molecule has 2 N–H and O–H groups in total. The molecule has 0 saturated carbocycles. The molecule has 0 saturated heterocycles. The first-order valence-electron chi connectivity index (χ1n) is 9.35. The third-order valence-corrected chi connectivity index (χ3v) is 5.01. The fourth-order valence-electron chi connectivity index (χ4n) is 3.23. The normalized spacial score (nSPS) is 11.7. The van der Waals surface area contributed by atoms with E-state index in [1.54, 1.807) is 12.4 Å². The van der Waals surface area contributed by atoms with Crippen LogP contribution in [0.4, 0.5) is 19.0 Å². The molecule has 0 aliphatic carbocycles. The van der Waals surface area contributed by atoms with Crippen LogP contribution in [0.1, 0.15) is 22.3 Å². The van der Waals surface area contributed by atoms with Gasteiger partial charge in [-0.2, -0.15) is 13.2 Å². The van der Waals surface area contributed by atoms with Gasteiger partial charge in [0.05, 0.1) is 10.6 Å². The van der Waals surface area contributed by atoms with Crippen molar-refractivity contribution < 1.29 is 13.2 Å². The first-order valence-corrected chi connectivity index (χ1v) is 9.73. The predicted molar refractivity (Wildman–Crippen MR) is 112 cm³/mol. The summed E-state index contributed by atoms with van der Waals surface area (Å²) in [7, 11) is 0. The SMILES string of the molecule is FC(F)(F)c1ccc(CCNc2ccc(Cc3c[nH]c4ncc(Cl)cc34)cn2)cc1. The first kappa shape index (κ1) is 20.2. The maximum atomic E-state index is 12.6. The number of hydrogen-bond acceptors (Lipinski definition) is 3. The summed E-state index contributed by atoms with van der Waals surface area (Å²) in [6.45, 7) is 0.574. The zero-order valence-electron chi connectivity index (χ0n) is 15.8. The first-order chi connectivity index (χ1) is 14.4. The monoisotopic (exact) mass is 430 g/mol. The summed E-state index contributed by atoms with van der Waals surface area (Å²) in [4.78, 5) is 11.8. The standard InChI is InChI=1S/C22H18ClF3N4/c23-18-10-19-16(12-29-21(19)30-13-18)9-15-3-6-20(28-11-15)27-8-7-14-1-4-17(5-2-14)22(24,25)26/h1-6,10-13H,7-9H2,(H,27,28)(H,29,30). The number of fused-ring (bicyclic) bond motifs is 1. The molecule has 0 spiro atoms. The number of H-pyrrole nitrogens is 1. The van der Waals surface area contributed by atoms with Crippen LogP contribution in [0.25, 0.3) is 11.0 Å². The summed E-state index contributed by atoms with van der Waals surface area (Å²) in [5.74, 6) is 0.717. The summed E-state index contributed by atoms with van der Waals surface area (Å²) in [5, 5.41) is 4.77. The number of benzene rings is 1. The van der Waals surface area contributed by atoms with Gasteiger partial charge in [0.15, 0.2) is 0 Å². The zero-order chi connectivity index (χ0) is 21.1. The highest BCUT2D eigenvalue weighted by Gasteiger charge is 2.29. The Hall–Kier alpha value is -3.06. The van der Waals surface area contributed by atoms with Gasteiger partial charge in [0.2, 0.25) is 0 Å². The molecule has 4 rings (SSSR count). The van der Waals surface area contributed by atoms with Crippen LogP contribution in [0, 0.1) is 0 Å². The van der Waals surface area contributed by atoms with Crippen LogP contribution < -0.4 is 5.32 Å². The summed E-state index contributed by atoms with van der Waals surface area (Å²) in [5.41, 5.74) is 3.13. The number of aromatic amines is 1. The van der Waals surface area contributed by atoms with E-state index in [9.17, 15) is 13.2 Å². The highest BCUT2D eigenvalue weighted by molar-refractivity contribution is 6.31. The van der Waals surface area contributed by atoms with Gasteiger partial charge in [-0.25, -0.2) is 9.97 Å². The van der Waals surface area contributed by atoms with Crippen molar-refractivity contribution in [3.63, 3.8) is 0 Å². The number of rotatable bonds is 6. The molecular weight excluding hydrogens is 413 g/mol. The average molecular weight is 431 g/mol. The number of aromatic nitrogens is 3. The van der Waals surface area contributed by atoms with Crippen LogP contribution in [0.3, 0.4) is 0 Å². The Morgan fingerprint density at radius 3 is 2.43 bits per heavy atom. The lowest BCUT2D eigenvalue weighted by atomic mass is 10.1. The lowest BCUT2D eigenvalue weighted by molar-refractivity contribution is -0.137. The van der Waals surface area contributed by atoms with Crippen LogP contribution in [0.2, 0.25) is 5.02 Å². The summed E-state index contributed by atoms with van der Waals surface area (Å²) in [6.07, 6.45) is 2.32. The fraction of sp³-hybridized carbons (Fsp3) is 0.182. The summed E-state index contributed by atoms with van der Waals surface area (Å²) < 4.78 is 37.8. The number of alkyl halides is 3. The number of nitrogens with one attached hydrogen (secondary N) is 2. The van der Waals surface area contributed by atoms with E-state index in [-0.39, 0.29) is 0 Å². The Balaban J connectivity index is 1.33. The smallest absolute Gasteiger partial charge is 0.370 e. The molecule has 4 nitrogen and oxygen atoms in total. The molecule has 8 heteroatoms. The van der Waals surface area contributed by atoms with Gasteiger partial charge in [-0.05, 0) is 47.4 Å². The molecule has 3 heterocycles. The van der Waals surface area contributed by atoms with Gasteiger partial charge in [-0.1, -0.05) is 29.8 Å². The van der Waals surface area contributed by atoms with Crippen molar-refractivity contribution in [2.45, 2.75) is 19.0 Å². The molecule has 0 bridgehead atoms. The van der Waals surface area contributed by atoms with Gasteiger partial charge >= 0.3 is 6.18 Å². The molecule has 3 aromatic heterocycles. The lowest BCUT2D eigenvalue weighted by Crippen LogP contribution is -2.08. The second kappa shape index (κ2) is 8.36. The van der Waals surface area contributed by atoms with Crippen molar-refractivity contribution in [2.24, 2.45) is 0 Å². The molecule has 0 radical (unpaired) electrons. The van der Waals surface area contributed by atoms with Crippen LogP contribution >= 0.6 is 11.6 Å². The van der Waals surface area contributed by atoms with Gasteiger partial charge in [-0.3, -0.25) is 0 Å². The fourth-order valence-corrected chi connectivity index (χ4v) is 3.39. The van der Waals surface area contributed by atoms with Crippen molar-refractivity contribution in [1.82, 2.24) is 15.0 Å². The average Bonchev–Trinajstić information content (AvgIpc) is 3.11. The molecule has 0 aliphatic heterocycles. The highest BCUT2D eigenvalue weighted by atomic mass is 35.5. The number of halogens is 4. The molecule has 0 aliphatic rings. The number of pyridine rings is 2. The van der Waals surface area contributed by atoms with E-state index in [0.717, 1.165) is 39.9 Å². The molecule has 154 valence electrons. The van der Waals surface area contributed by atoms with Crippen molar-refractivity contribution in [3.8, 4) is 0 Å². The Morgan fingerprint density at radius 1 is 0.967 bits per heavy atom. The molecular formula is C22H18ClF3N4. The summed E-state index contributed by atoms with van der Waals surface area (Å²) >= 11 is 6.04. The van der Waals surface area contributed by atoms with E-state index in [2.05, 4.69) is 20.3 Å². The van der Waals surface area contributed by atoms with Crippen LogP contribution in [-0.4, -0.2) is 21.5 Å². The zero-order valence-corrected chi connectivity index (χ0v) is 16.6. The molecule has 0 atom stereocenters. The van der Waals surface area contributed by atoms with Crippen LogP contribution in [0.15, 0.2) is 61.1 Å². The molecule has 4 aromatic rings. The topological polar surface area (TPSA) is 53.6 Å². The third-order valence-electron chi connectivity index (χ3n) is 4.80. The van der Waals surface area contributed by atoms with E-state index in [1.807, 2.05) is 24.4 Å². The Bertz CT molecular complexity index is 1140. The quantitative estimate of drug-likeness (QED) is 0.402. The van der Waals surface area contributed by atoms with E-state index in [4.69, 9.17) is 11.6 Å². The Labute approximate surface area is 176 Å². The Morgan fingerprint density at radius 2 is 1.73 bits per heavy atom.